The molecule has 0 saturated carbocycles. The van der Waals surface area contributed by atoms with Gasteiger partial charge in [0.15, 0.2) is 0 Å². The number of nitrogens with one attached hydrogen (secondary N) is 1. The summed E-state index contributed by atoms with van der Waals surface area (Å²) in [6.07, 6.45) is 1.80. The number of methoxy groups -OCH3 is 2. The van der Waals surface area contributed by atoms with Crippen molar-refractivity contribution in [2.75, 3.05) is 40.6 Å². The van der Waals surface area contributed by atoms with Gasteiger partial charge in [0.1, 0.15) is 0 Å². The summed E-state index contributed by atoms with van der Waals surface area (Å²) in [5, 5.41) is 3.27. The first-order chi connectivity index (χ1) is 8.36. The van der Waals surface area contributed by atoms with Crippen LogP contribution in [0.4, 0.5) is 0 Å². The van der Waals surface area contributed by atoms with Gasteiger partial charge in [0.2, 0.25) is 5.88 Å². The van der Waals surface area contributed by atoms with Crippen molar-refractivity contribution in [2.45, 2.75) is 6.54 Å². The van der Waals surface area contributed by atoms with Gasteiger partial charge in [-0.15, -0.1) is 0 Å². The van der Waals surface area contributed by atoms with Crippen LogP contribution in [0.25, 0.3) is 0 Å². The predicted molar refractivity (Wildman–Crippen MR) is 65.2 cm³/mol. The molecular weight excluding hydrogens is 220 g/mol. The first-order valence-electron chi connectivity index (χ1n) is 5.63. The van der Waals surface area contributed by atoms with Crippen LogP contribution in [0, 0.1) is 0 Å². The Hall–Kier alpha value is -1.17. The monoisotopic (exact) mass is 240 g/mol. The van der Waals surface area contributed by atoms with Gasteiger partial charge in [-0.2, -0.15) is 0 Å². The largest absolute Gasteiger partial charge is 0.481 e. The highest BCUT2D eigenvalue weighted by Crippen LogP contribution is 2.05. The Morgan fingerprint density at radius 1 is 1.18 bits per heavy atom. The number of hydrogen-bond donors (Lipinski definition) is 1. The van der Waals surface area contributed by atoms with Crippen molar-refractivity contribution in [2.24, 2.45) is 0 Å². The zero-order chi connectivity index (χ0) is 12.3. The second-order valence-corrected chi connectivity index (χ2v) is 3.49. The van der Waals surface area contributed by atoms with E-state index in [1.165, 1.54) is 0 Å². The van der Waals surface area contributed by atoms with Crippen molar-refractivity contribution < 1.29 is 14.2 Å². The summed E-state index contributed by atoms with van der Waals surface area (Å²) in [5.74, 6) is 0.636. The van der Waals surface area contributed by atoms with Gasteiger partial charge >= 0.3 is 0 Å². The van der Waals surface area contributed by atoms with Crippen LogP contribution in [0.5, 0.6) is 5.88 Å². The molecule has 0 fully saturated rings. The molecule has 5 nitrogen and oxygen atoms in total. The summed E-state index contributed by atoms with van der Waals surface area (Å²) in [4.78, 5) is 4.13. The lowest BCUT2D eigenvalue weighted by Crippen LogP contribution is -2.20. The van der Waals surface area contributed by atoms with Gasteiger partial charge in [-0.1, -0.05) is 6.07 Å². The van der Waals surface area contributed by atoms with E-state index in [0.29, 0.717) is 25.7 Å². The second kappa shape index (κ2) is 8.92. The second-order valence-electron chi connectivity index (χ2n) is 3.49. The summed E-state index contributed by atoms with van der Waals surface area (Å²) in [6, 6.07) is 3.84. The number of hydrogen-bond acceptors (Lipinski definition) is 5. The third kappa shape index (κ3) is 6.21. The van der Waals surface area contributed by atoms with Crippen LogP contribution in [0.1, 0.15) is 5.56 Å². The normalized spacial score (nSPS) is 10.5. The molecule has 0 spiro atoms. The highest BCUT2D eigenvalue weighted by Gasteiger charge is 1.95. The molecule has 0 aliphatic carbocycles. The summed E-state index contributed by atoms with van der Waals surface area (Å²) in [5.41, 5.74) is 1.13. The van der Waals surface area contributed by atoms with Crippen LogP contribution in [-0.2, 0) is 16.0 Å². The molecule has 0 unspecified atom stereocenters. The van der Waals surface area contributed by atoms with Gasteiger partial charge in [0.05, 0.1) is 26.9 Å². The van der Waals surface area contributed by atoms with Crippen molar-refractivity contribution in [1.29, 1.82) is 0 Å². The molecule has 17 heavy (non-hydrogen) atoms. The molecule has 1 rings (SSSR count). The van der Waals surface area contributed by atoms with E-state index in [2.05, 4.69) is 10.3 Å². The first kappa shape index (κ1) is 13.9. The molecular formula is C12H20N2O3. The van der Waals surface area contributed by atoms with Gasteiger partial charge < -0.3 is 19.5 Å². The van der Waals surface area contributed by atoms with E-state index < -0.39 is 0 Å². The van der Waals surface area contributed by atoms with Gasteiger partial charge in [-0.05, 0) is 5.56 Å². The average molecular weight is 240 g/mol. The minimum atomic E-state index is 0.636. The number of rotatable bonds is 9. The maximum Gasteiger partial charge on any atom is 0.212 e. The SMILES string of the molecule is COCCOCCNCc1ccc(OC)nc1. The van der Waals surface area contributed by atoms with Crippen LogP contribution in [0.2, 0.25) is 0 Å². The van der Waals surface area contributed by atoms with E-state index in [4.69, 9.17) is 14.2 Å². The third-order valence-electron chi connectivity index (χ3n) is 2.19. The fourth-order valence-electron chi connectivity index (χ4n) is 1.26. The lowest BCUT2D eigenvalue weighted by Gasteiger charge is -2.06. The van der Waals surface area contributed by atoms with Crippen LogP contribution in [0.3, 0.4) is 0 Å². The van der Waals surface area contributed by atoms with Gasteiger partial charge in [-0.3, -0.25) is 0 Å². The Balaban J connectivity index is 2.05. The Morgan fingerprint density at radius 2 is 2.06 bits per heavy atom. The van der Waals surface area contributed by atoms with E-state index in [1.807, 2.05) is 12.1 Å². The van der Waals surface area contributed by atoms with Crippen LogP contribution in [0.15, 0.2) is 18.3 Å². The fourth-order valence-corrected chi connectivity index (χ4v) is 1.26. The van der Waals surface area contributed by atoms with E-state index in [0.717, 1.165) is 18.7 Å². The van der Waals surface area contributed by atoms with Crippen LogP contribution in [-0.4, -0.2) is 45.6 Å². The minimum Gasteiger partial charge on any atom is -0.481 e. The molecule has 0 bridgehead atoms. The highest BCUT2D eigenvalue weighted by molar-refractivity contribution is 5.17. The lowest BCUT2D eigenvalue weighted by atomic mass is 10.3. The van der Waals surface area contributed by atoms with Crippen molar-refractivity contribution in [1.82, 2.24) is 10.3 Å². The molecule has 1 N–H and O–H groups in total. The number of aromatic nitrogens is 1. The van der Waals surface area contributed by atoms with Gasteiger partial charge in [-0.25, -0.2) is 4.98 Å². The van der Waals surface area contributed by atoms with Crippen molar-refractivity contribution in [3.63, 3.8) is 0 Å². The standard InChI is InChI=1S/C12H20N2O3/c1-15-7-8-17-6-5-13-9-11-3-4-12(16-2)14-10-11/h3-4,10,13H,5-9H2,1-2H3. The molecule has 0 aromatic carbocycles. The predicted octanol–water partition coefficient (Wildman–Crippen LogP) is 0.843. The first-order valence-corrected chi connectivity index (χ1v) is 5.63. The fraction of sp³-hybridized carbons (Fsp3) is 0.583. The van der Waals surface area contributed by atoms with Gasteiger partial charge in [0, 0.05) is 32.5 Å². The molecule has 0 aliphatic heterocycles. The molecule has 1 heterocycles. The molecule has 0 aliphatic rings. The number of pyridine rings is 1. The Labute approximate surface area is 102 Å². The summed E-state index contributed by atoms with van der Waals surface area (Å²) < 4.78 is 15.2. The Morgan fingerprint density at radius 3 is 2.71 bits per heavy atom. The highest BCUT2D eigenvalue weighted by atomic mass is 16.5. The molecule has 5 heteroatoms. The van der Waals surface area contributed by atoms with Gasteiger partial charge in [0.25, 0.3) is 0 Å². The lowest BCUT2D eigenvalue weighted by molar-refractivity contribution is 0.0719. The summed E-state index contributed by atoms with van der Waals surface area (Å²) in [6.45, 7) is 3.57. The average Bonchev–Trinajstić information content (AvgIpc) is 2.38. The summed E-state index contributed by atoms with van der Waals surface area (Å²) in [7, 11) is 3.27. The van der Waals surface area contributed by atoms with Crippen molar-refractivity contribution in [3.8, 4) is 5.88 Å². The molecule has 0 atom stereocenters. The smallest absolute Gasteiger partial charge is 0.212 e. The van der Waals surface area contributed by atoms with E-state index in [1.54, 1.807) is 20.4 Å². The molecule has 0 saturated heterocycles. The Kier molecular flexibility index (Phi) is 7.29. The maximum atomic E-state index is 5.33. The zero-order valence-electron chi connectivity index (χ0n) is 10.4. The van der Waals surface area contributed by atoms with Crippen LogP contribution < -0.4 is 10.1 Å². The molecule has 1 aromatic heterocycles. The van der Waals surface area contributed by atoms with E-state index in [-0.39, 0.29) is 0 Å². The molecule has 0 amide bonds. The van der Waals surface area contributed by atoms with E-state index in [9.17, 15) is 0 Å². The topological polar surface area (TPSA) is 52.6 Å². The van der Waals surface area contributed by atoms with Crippen LogP contribution >= 0.6 is 0 Å². The van der Waals surface area contributed by atoms with E-state index >= 15 is 0 Å². The maximum absolute atomic E-state index is 5.33. The van der Waals surface area contributed by atoms with Crippen molar-refractivity contribution in [3.05, 3.63) is 23.9 Å². The Bertz CT molecular complexity index is 290. The zero-order valence-corrected chi connectivity index (χ0v) is 10.4. The number of nitrogens with zero attached hydrogens (tertiary/aromatic N) is 1. The molecule has 1 aromatic rings. The molecule has 0 radical (unpaired) electrons. The minimum absolute atomic E-state index is 0.636. The summed E-state index contributed by atoms with van der Waals surface area (Å²) >= 11 is 0. The quantitative estimate of drug-likeness (QED) is 0.648. The van der Waals surface area contributed by atoms with Crippen molar-refractivity contribution >= 4 is 0 Å². The number of ether oxygens (including phenoxy) is 3. The third-order valence-corrected chi connectivity index (χ3v) is 2.19. The molecule has 96 valence electrons.